The second kappa shape index (κ2) is 8.09. The summed E-state index contributed by atoms with van der Waals surface area (Å²) in [6, 6.07) is 12.2. The molecule has 122 valence electrons. The standard InChI is InChI=1S/C17H17Cl2NO3/c1-3-15(23-12-7-4-6-11(10-12)22-2)17(21)20-14-9-5-8-13(18)16(14)19/h4-10,15H,3H2,1-2H3,(H,20,21)/t15-/m1/s1. The molecule has 23 heavy (non-hydrogen) atoms. The fourth-order valence-corrected chi connectivity index (χ4v) is 2.32. The van der Waals surface area contributed by atoms with E-state index in [4.69, 9.17) is 32.7 Å². The van der Waals surface area contributed by atoms with Gasteiger partial charge in [0.15, 0.2) is 6.10 Å². The fourth-order valence-electron chi connectivity index (χ4n) is 1.97. The highest BCUT2D eigenvalue weighted by Gasteiger charge is 2.20. The van der Waals surface area contributed by atoms with E-state index in [1.165, 1.54) is 0 Å². The molecule has 2 rings (SSSR count). The molecule has 0 aliphatic rings. The number of rotatable bonds is 6. The Bertz CT molecular complexity index is 691. The minimum atomic E-state index is -0.655. The van der Waals surface area contributed by atoms with Crippen molar-refractivity contribution in [2.75, 3.05) is 12.4 Å². The van der Waals surface area contributed by atoms with Crippen molar-refractivity contribution in [3.8, 4) is 11.5 Å². The Labute approximate surface area is 145 Å². The zero-order valence-corrected chi connectivity index (χ0v) is 14.3. The second-order valence-corrected chi connectivity index (χ2v) is 5.57. The Morgan fingerprint density at radius 3 is 2.57 bits per heavy atom. The van der Waals surface area contributed by atoms with Crippen molar-refractivity contribution in [3.63, 3.8) is 0 Å². The van der Waals surface area contributed by atoms with Crippen LogP contribution in [-0.4, -0.2) is 19.1 Å². The number of anilines is 1. The summed E-state index contributed by atoms with van der Waals surface area (Å²) >= 11 is 12.0. The molecule has 0 saturated heterocycles. The summed E-state index contributed by atoms with van der Waals surface area (Å²) in [6.45, 7) is 1.87. The van der Waals surface area contributed by atoms with Gasteiger partial charge >= 0.3 is 0 Å². The number of hydrogen-bond donors (Lipinski definition) is 1. The zero-order valence-electron chi connectivity index (χ0n) is 12.8. The van der Waals surface area contributed by atoms with Crippen molar-refractivity contribution in [2.45, 2.75) is 19.4 Å². The van der Waals surface area contributed by atoms with E-state index in [-0.39, 0.29) is 5.91 Å². The van der Waals surface area contributed by atoms with Gasteiger partial charge in [-0.3, -0.25) is 4.79 Å². The van der Waals surface area contributed by atoms with Crippen molar-refractivity contribution < 1.29 is 14.3 Å². The van der Waals surface area contributed by atoms with Gasteiger partial charge in [0.05, 0.1) is 22.8 Å². The maximum absolute atomic E-state index is 12.4. The summed E-state index contributed by atoms with van der Waals surface area (Å²) < 4.78 is 10.9. The van der Waals surface area contributed by atoms with Gasteiger partial charge in [-0.2, -0.15) is 0 Å². The van der Waals surface area contributed by atoms with Gasteiger partial charge in [0.25, 0.3) is 5.91 Å². The summed E-state index contributed by atoms with van der Waals surface area (Å²) in [6.07, 6.45) is -0.154. The SMILES string of the molecule is CC[C@@H](Oc1cccc(OC)c1)C(=O)Nc1cccc(Cl)c1Cl. The Kier molecular flexibility index (Phi) is 6.13. The molecule has 2 aromatic carbocycles. The van der Waals surface area contributed by atoms with E-state index in [1.54, 1.807) is 49.6 Å². The van der Waals surface area contributed by atoms with Gasteiger partial charge in [0.1, 0.15) is 11.5 Å². The number of benzene rings is 2. The maximum Gasteiger partial charge on any atom is 0.265 e. The van der Waals surface area contributed by atoms with E-state index in [0.29, 0.717) is 33.7 Å². The minimum Gasteiger partial charge on any atom is -0.497 e. The van der Waals surface area contributed by atoms with Crippen LogP contribution < -0.4 is 14.8 Å². The van der Waals surface area contributed by atoms with Gasteiger partial charge in [-0.1, -0.05) is 42.3 Å². The molecule has 2 aromatic rings. The molecule has 4 nitrogen and oxygen atoms in total. The molecule has 0 saturated carbocycles. The third-order valence-corrected chi connectivity index (χ3v) is 4.01. The van der Waals surface area contributed by atoms with Gasteiger partial charge in [0, 0.05) is 6.07 Å². The first kappa shape index (κ1) is 17.4. The lowest BCUT2D eigenvalue weighted by atomic mass is 10.2. The Morgan fingerprint density at radius 2 is 1.87 bits per heavy atom. The highest BCUT2D eigenvalue weighted by Crippen LogP contribution is 2.30. The van der Waals surface area contributed by atoms with Gasteiger partial charge < -0.3 is 14.8 Å². The van der Waals surface area contributed by atoms with Crippen molar-refractivity contribution >= 4 is 34.8 Å². The molecule has 0 aromatic heterocycles. The summed E-state index contributed by atoms with van der Waals surface area (Å²) in [5, 5.41) is 3.42. The number of carbonyl (C=O) groups excluding carboxylic acids is 1. The molecule has 0 bridgehead atoms. The minimum absolute atomic E-state index is 0.292. The van der Waals surface area contributed by atoms with Gasteiger partial charge in [-0.15, -0.1) is 0 Å². The highest BCUT2D eigenvalue weighted by atomic mass is 35.5. The first-order valence-corrected chi connectivity index (χ1v) is 7.86. The van der Waals surface area contributed by atoms with Crippen LogP contribution in [0.25, 0.3) is 0 Å². The topological polar surface area (TPSA) is 47.6 Å². The summed E-state index contributed by atoms with van der Waals surface area (Å²) in [4.78, 5) is 12.4. The zero-order chi connectivity index (χ0) is 16.8. The van der Waals surface area contributed by atoms with Gasteiger partial charge in [-0.25, -0.2) is 0 Å². The molecule has 1 atom stereocenters. The van der Waals surface area contributed by atoms with Crippen LogP contribution in [-0.2, 0) is 4.79 Å². The van der Waals surface area contributed by atoms with E-state index < -0.39 is 6.10 Å². The summed E-state index contributed by atoms with van der Waals surface area (Å²) in [7, 11) is 1.57. The van der Waals surface area contributed by atoms with E-state index in [1.807, 2.05) is 6.92 Å². The number of ether oxygens (including phenoxy) is 2. The maximum atomic E-state index is 12.4. The molecule has 0 radical (unpaired) electrons. The lowest BCUT2D eigenvalue weighted by Gasteiger charge is -2.18. The normalized spacial score (nSPS) is 11.7. The van der Waals surface area contributed by atoms with E-state index in [0.717, 1.165) is 0 Å². The number of halogens is 2. The lowest BCUT2D eigenvalue weighted by molar-refractivity contribution is -0.122. The molecule has 1 amide bonds. The molecule has 0 fully saturated rings. The van der Waals surface area contributed by atoms with Crippen LogP contribution in [0.2, 0.25) is 10.0 Å². The van der Waals surface area contributed by atoms with Crippen molar-refractivity contribution in [1.29, 1.82) is 0 Å². The van der Waals surface area contributed by atoms with Crippen LogP contribution in [0.5, 0.6) is 11.5 Å². The summed E-state index contributed by atoms with van der Waals surface area (Å²) in [5.74, 6) is 0.929. The number of hydrogen-bond acceptors (Lipinski definition) is 3. The Hall–Kier alpha value is -1.91. The van der Waals surface area contributed by atoms with Gasteiger partial charge in [0.2, 0.25) is 0 Å². The van der Waals surface area contributed by atoms with E-state index in [2.05, 4.69) is 5.32 Å². The van der Waals surface area contributed by atoms with Crippen molar-refractivity contribution in [2.24, 2.45) is 0 Å². The molecular formula is C17H17Cl2NO3. The highest BCUT2D eigenvalue weighted by molar-refractivity contribution is 6.44. The second-order valence-electron chi connectivity index (χ2n) is 4.78. The molecule has 1 N–H and O–H groups in total. The average Bonchev–Trinajstić information content (AvgIpc) is 2.57. The van der Waals surface area contributed by atoms with Crippen LogP contribution in [0.15, 0.2) is 42.5 Å². The van der Waals surface area contributed by atoms with Gasteiger partial charge in [-0.05, 0) is 30.7 Å². The monoisotopic (exact) mass is 353 g/mol. The first-order chi connectivity index (χ1) is 11.0. The predicted molar refractivity (Wildman–Crippen MR) is 92.8 cm³/mol. The van der Waals surface area contributed by atoms with Crippen molar-refractivity contribution in [3.05, 3.63) is 52.5 Å². The molecule has 6 heteroatoms. The average molecular weight is 354 g/mol. The van der Waals surface area contributed by atoms with Crippen LogP contribution in [0, 0.1) is 0 Å². The fraction of sp³-hybridized carbons (Fsp3) is 0.235. The van der Waals surface area contributed by atoms with E-state index in [9.17, 15) is 4.79 Å². The predicted octanol–water partition coefficient (Wildman–Crippen LogP) is 4.80. The number of carbonyl (C=O) groups is 1. The largest absolute Gasteiger partial charge is 0.497 e. The number of nitrogens with one attached hydrogen (secondary N) is 1. The van der Waals surface area contributed by atoms with Crippen molar-refractivity contribution in [1.82, 2.24) is 0 Å². The third kappa shape index (κ3) is 4.53. The molecule has 0 unspecified atom stereocenters. The molecule has 0 aliphatic carbocycles. The first-order valence-electron chi connectivity index (χ1n) is 7.10. The number of methoxy groups -OCH3 is 1. The smallest absolute Gasteiger partial charge is 0.265 e. The Morgan fingerprint density at radius 1 is 1.17 bits per heavy atom. The van der Waals surface area contributed by atoms with E-state index >= 15 is 0 Å². The molecular weight excluding hydrogens is 337 g/mol. The molecule has 0 heterocycles. The number of amides is 1. The Balaban J connectivity index is 2.10. The molecule has 0 spiro atoms. The van der Waals surface area contributed by atoms with Crippen LogP contribution in [0.3, 0.4) is 0 Å². The van der Waals surface area contributed by atoms with Crippen LogP contribution in [0.1, 0.15) is 13.3 Å². The quantitative estimate of drug-likeness (QED) is 0.811. The summed E-state index contributed by atoms with van der Waals surface area (Å²) in [5.41, 5.74) is 0.455. The van der Waals surface area contributed by atoms with Crippen LogP contribution >= 0.6 is 23.2 Å². The molecule has 0 aliphatic heterocycles. The third-order valence-electron chi connectivity index (χ3n) is 3.19. The lowest BCUT2D eigenvalue weighted by Crippen LogP contribution is -2.32. The van der Waals surface area contributed by atoms with Crippen LogP contribution in [0.4, 0.5) is 5.69 Å².